The summed E-state index contributed by atoms with van der Waals surface area (Å²) in [6.45, 7) is 7.80. The van der Waals surface area contributed by atoms with Gasteiger partial charge in [-0.15, -0.1) is 0 Å². The van der Waals surface area contributed by atoms with Gasteiger partial charge in [0.15, 0.2) is 6.29 Å². The predicted molar refractivity (Wildman–Crippen MR) is 46.6 cm³/mol. The molecular formula is C9H20O2. The third-order valence-electron chi connectivity index (χ3n) is 1.38. The topological polar surface area (TPSA) is 18.5 Å². The van der Waals surface area contributed by atoms with Crippen molar-refractivity contribution in [2.75, 3.05) is 13.2 Å². The fourth-order valence-electron chi connectivity index (χ4n) is 0.886. The minimum Gasteiger partial charge on any atom is -0.353 e. The lowest BCUT2D eigenvalue weighted by Gasteiger charge is -2.16. The van der Waals surface area contributed by atoms with E-state index in [-0.39, 0.29) is 6.29 Å². The Labute approximate surface area is 69.9 Å². The standard InChI is InChI=1S/C9H20O2/c1-4-7-9(10-6-3)11-8-5-2/h9H,4-8H2,1-3H3. The molecule has 0 aromatic carbocycles. The smallest absolute Gasteiger partial charge is 0.157 e. The summed E-state index contributed by atoms with van der Waals surface area (Å²) in [5.74, 6) is 0. The third kappa shape index (κ3) is 6.32. The van der Waals surface area contributed by atoms with Crippen LogP contribution >= 0.6 is 0 Å². The Hall–Kier alpha value is -0.0800. The summed E-state index contributed by atoms with van der Waals surface area (Å²) in [4.78, 5) is 0. The molecule has 0 bridgehead atoms. The van der Waals surface area contributed by atoms with Gasteiger partial charge in [-0.1, -0.05) is 20.3 Å². The van der Waals surface area contributed by atoms with Crippen LogP contribution in [-0.4, -0.2) is 19.5 Å². The average Bonchev–Trinajstić information content (AvgIpc) is 2.01. The van der Waals surface area contributed by atoms with Gasteiger partial charge in [0.05, 0.1) is 0 Å². The van der Waals surface area contributed by atoms with Crippen LogP contribution in [0.5, 0.6) is 0 Å². The van der Waals surface area contributed by atoms with E-state index >= 15 is 0 Å². The van der Waals surface area contributed by atoms with Crippen molar-refractivity contribution in [2.24, 2.45) is 0 Å². The van der Waals surface area contributed by atoms with Gasteiger partial charge in [0.1, 0.15) is 0 Å². The minimum atomic E-state index is 0.0324. The van der Waals surface area contributed by atoms with Crippen LogP contribution in [0.15, 0.2) is 0 Å². The van der Waals surface area contributed by atoms with Gasteiger partial charge in [0, 0.05) is 13.2 Å². The predicted octanol–water partition coefficient (Wildman–Crippen LogP) is 2.58. The molecular weight excluding hydrogens is 140 g/mol. The molecule has 0 aromatic rings. The second-order valence-electron chi connectivity index (χ2n) is 2.54. The average molecular weight is 160 g/mol. The van der Waals surface area contributed by atoms with Crippen molar-refractivity contribution in [3.05, 3.63) is 0 Å². The van der Waals surface area contributed by atoms with E-state index in [1.165, 1.54) is 0 Å². The van der Waals surface area contributed by atoms with Gasteiger partial charge in [-0.25, -0.2) is 0 Å². The van der Waals surface area contributed by atoms with Crippen LogP contribution in [0.1, 0.15) is 40.0 Å². The summed E-state index contributed by atoms with van der Waals surface area (Å²) in [6, 6.07) is 0. The highest BCUT2D eigenvalue weighted by molar-refractivity contribution is 4.42. The van der Waals surface area contributed by atoms with E-state index in [0.717, 1.165) is 32.5 Å². The van der Waals surface area contributed by atoms with E-state index < -0.39 is 0 Å². The molecule has 0 aliphatic heterocycles. The summed E-state index contributed by atoms with van der Waals surface area (Å²) in [5, 5.41) is 0. The first-order valence-corrected chi connectivity index (χ1v) is 4.58. The van der Waals surface area contributed by atoms with Crippen LogP contribution < -0.4 is 0 Å². The summed E-state index contributed by atoms with van der Waals surface area (Å²) >= 11 is 0. The monoisotopic (exact) mass is 160 g/mol. The molecule has 0 amide bonds. The van der Waals surface area contributed by atoms with E-state index in [1.54, 1.807) is 0 Å². The second-order valence-corrected chi connectivity index (χ2v) is 2.54. The van der Waals surface area contributed by atoms with Crippen LogP contribution in [0.3, 0.4) is 0 Å². The number of hydrogen-bond acceptors (Lipinski definition) is 2. The Morgan fingerprint density at radius 1 is 1.00 bits per heavy atom. The van der Waals surface area contributed by atoms with Gasteiger partial charge in [-0.3, -0.25) is 0 Å². The molecule has 1 atom stereocenters. The van der Waals surface area contributed by atoms with Crippen molar-refractivity contribution in [2.45, 2.75) is 46.3 Å². The molecule has 0 N–H and O–H groups in total. The van der Waals surface area contributed by atoms with Crippen molar-refractivity contribution in [3.63, 3.8) is 0 Å². The van der Waals surface area contributed by atoms with Gasteiger partial charge in [0.25, 0.3) is 0 Å². The molecule has 0 aromatic heterocycles. The van der Waals surface area contributed by atoms with Crippen molar-refractivity contribution < 1.29 is 9.47 Å². The number of ether oxygens (including phenoxy) is 2. The Bertz CT molecular complexity index is 68.0. The highest BCUT2D eigenvalue weighted by Crippen LogP contribution is 2.04. The largest absolute Gasteiger partial charge is 0.353 e. The lowest BCUT2D eigenvalue weighted by atomic mass is 10.3. The zero-order valence-corrected chi connectivity index (χ0v) is 7.93. The molecule has 0 saturated carbocycles. The highest BCUT2D eigenvalue weighted by Gasteiger charge is 2.05. The number of hydrogen-bond donors (Lipinski definition) is 0. The molecule has 2 heteroatoms. The maximum atomic E-state index is 5.45. The van der Waals surface area contributed by atoms with Gasteiger partial charge < -0.3 is 9.47 Å². The van der Waals surface area contributed by atoms with Gasteiger partial charge in [-0.2, -0.15) is 0 Å². The van der Waals surface area contributed by atoms with E-state index in [4.69, 9.17) is 9.47 Å². The Balaban J connectivity index is 3.34. The lowest BCUT2D eigenvalue weighted by molar-refractivity contribution is -0.142. The van der Waals surface area contributed by atoms with Gasteiger partial charge in [-0.05, 0) is 19.8 Å². The quantitative estimate of drug-likeness (QED) is 0.533. The maximum absolute atomic E-state index is 5.45. The van der Waals surface area contributed by atoms with Crippen LogP contribution in [0.4, 0.5) is 0 Å². The summed E-state index contributed by atoms with van der Waals surface area (Å²) in [5.41, 5.74) is 0. The molecule has 0 saturated heterocycles. The van der Waals surface area contributed by atoms with Crippen LogP contribution in [0.25, 0.3) is 0 Å². The van der Waals surface area contributed by atoms with Crippen molar-refractivity contribution >= 4 is 0 Å². The Kier molecular flexibility index (Phi) is 7.96. The fourth-order valence-corrected chi connectivity index (χ4v) is 0.886. The Morgan fingerprint density at radius 2 is 1.73 bits per heavy atom. The summed E-state index contributed by atoms with van der Waals surface area (Å²) in [6.07, 6.45) is 3.22. The Morgan fingerprint density at radius 3 is 2.18 bits per heavy atom. The first-order chi connectivity index (χ1) is 5.35. The first-order valence-electron chi connectivity index (χ1n) is 4.58. The highest BCUT2D eigenvalue weighted by atomic mass is 16.7. The molecule has 0 radical (unpaired) electrons. The molecule has 68 valence electrons. The normalized spacial score (nSPS) is 13.4. The van der Waals surface area contributed by atoms with Crippen LogP contribution in [0.2, 0.25) is 0 Å². The maximum Gasteiger partial charge on any atom is 0.157 e. The third-order valence-corrected chi connectivity index (χ3v) is 1.38. The molecule has 0 spiro atoms. The molecule has 1 unspecified atom stereocenters. The zero-order chi connectivity index (χ0) is 8.53. The summed E-state index contributed by atoms with van der Waals surface area (Å²) in [7, 11) is 0. The van der Waals surface area contributed by atoms with E-state index in [9.17, 15) is 0 Å². The van der Waals surface area contributed by atoms with Gasteiger partial charge >= 0.3 is 0 Å². The van der Waals surface area contributed by atoms with E-state index in [1.807, 2.05) is 6.92 Å². The first kappa shape index (κ1) is 10.9. The molecule has 0 rings (SSSR count). The van der Waals surface area contributed by atoms with Crippen molar-refractivity contribution in [3.8, 4) is 0 Å². The van der Waals surface area contributed by atoms with Crippen LogP contribution in [-0.2, 0) is 9.47 Å². The molecule has 0 heterocycles. The van der Waals surface area contributed by atoms with Crippen molar-refractivity contribution in [1.82, 2.24) is 0 Å². The SMILES string of the molecule is CCCOC(CCC)OCC. The molecule has 11 heavy (non-hydrogen) atoms. The van der Waals surface area contributed by atoms with E-state index in [0.29, 0.717) is 0 Å². The van der Waals surface area contributed by atoms with Crippen LogP contribution in [0, 0.1) is 0 Å². The second kappa shape index (κ2) is 8.02. The van der Waals surface area contributed by atoms with Gasteiger partial charge in [0.2, 0.25) is 0 Å². The molecule has 0 aliphatic carbocycles. The fraction of sp³-hybridized carbons (Fsp3) is 1.00. The lowest BCUT2D eigenvalue weighted by Crippen LogP contribution is -2.17. The molecule has 2 nitrogen and oxygen atoms in total. The summed E-state index contributed by atoms with van der Waals surface area (Å²) < 4.78 is 10.8. The van der Waals surface area contributed by atoms with E-state index in [2.05, 4.69) is 13.8 Å². The zero-order valence-electron chi connectivity index (χ0n) is 7.93. The molecule has 0 fully saturated rings. The molecule has 0 aliphatic rings. The minimum absolute atomic E-state index is 0.0324. The number of rotatable bonds is 7. The van der Waals surface area contributed by atoms with Crippen molar-refractivity contribution in [1.29, 1.82) is 0 Å².